The van der Waals surface area contributed by atoms with E-state index in [1.165, 1.54) is 11.3 Å². The maximum Gasteiger partial charge on any atom is 0.407 e. The van der Waals surface area contributed by atoms with Crippen molar-refractivity contribution < 1.29 is 19.4 Å². The fourth-order valence-corrected chi connectivity index (χ4v) is 5.33. The van der Waals surface area contributed by atoms with Crippen LogP contribution in [0.4, 0.5) is 15.5 Å². The van der Waals surface area contributed by atoms with E-state index in [-0.39, 0.29) is 12.0 Å². The first-order valence-electron chi connectivity index (χ1n) is 11.0. The largest absolute Gasteiger partial charge is 0.446 e. The zero-order valence-electron chi connectivity index (χ0n) is 18.5. The molecule has 4 rings (SSSR count). The molecule has 0 aromatic carbocycles. The van der Waals surface area contributed by atoms with Crippen LogP contribution in [0.3, 0.4) is 0 Å². The van der Waals surface area contributed by atoms with Crippen molar-refractivity contribution in [2.75, 3.05) is 11.1 Å². The van der Waals surface area contributed by atoms with Crippen molar-refractivity contribution in [2.45, 2.75) is 57.3 Å². The Balaban J connectivity index is 1.27. The highest BCUT2D eigenvalue weighted by molar-refractivity contribution is 7.17. The van der Waals surface area contributed by atoms with Gasteiger partial charge < -0.3 is 26.2 Å². The molecule has 2 atom stereocenters. The number of nitrogen functional groups attached to an aromatic ring is 1. The molecule has 2 aromatic rings. The van der Waals surface area contributed by atoms with Crippen LogP contribution in [0.25, 0.3) is 0 Å². The molecule has 9 nitrogen and oxygen atoms in total. The minimum absolute atomic E-state index is 0.104. The van der Waals surface area contributed by atoms with Gasteiger partial charge in [0.1, 0.15) is 11.1 Å². The lowest BCUT2D eigenvalue weighted by Gasteiger charge is -2.22. The summed E-state index contributed by atoms with van der Waals surface area (Å²) in [5.74, 6) is -0.104. The van der Waals surface area contributed by atoms with Crippen LogP contribution in [0.15, 0.2) is 36.2 Å². The van der Waals surface area contributed by atoms with Crippen LogP contribution in [0.1, 0.15) is 41.7 Å². The molecule has 0 saturated carbocycles. The normalized spacial score (nSPS) is 19.5. The minimum Gasteiger partial charge on any atom is -0.446 e. The number of rotatable bonds is 7. The second-order valence-corrected chi connectivity index (χ2v) is 9.53. The van der Waals surface area contributed by atoms with Crippen LogP contribution < -0.4 is 16.4 Å². The van der Waals surface area contributed by atoms with Crippen LogP contribution in [-0.4, -0.2) is 39.1 Å². The van der Waals surface area contributed by atoms with Gasteiger partial charge >= 0.3 is 6.09 Å². The van der Waals surface area contributed by atoms with Crippen molar-refractivity contribution in [1.29, 1.82) is 0 Å². The minimum atomic E-state index is -0.472. The SMILES string of the molecule is Cn1cc(CNC(=O)OC2CCc3c(sc(NC(=O)CCC4=CC=CC(O)C4)c3N)C2)cn1. The first kappa shape index (κ1) is 23.1. The average Bonchev–Trinajstić information content (AvgIpc) is 3.33. The van der Waals surface area contributed by atoms with E-state index in [1.54, 1.807) is 17.0 Å². The number of amides is 2. The van der Waals surface area contributed by atoms with Crippen LogP contribution >= 0.6 is 11.3 Å². The summed E-state index contributed by atoms with van der Waals surface area (Å²) in [6.07, 6.45) is 11.4. The summed E-state index contributed by atoms with van der Waals surface area (Å²) in [6.45, 7) is 0.360. The van der Waals surface area contributed by atoms with Crippen molar-refractivity contribution in [2.24, 2.45) is 7.05 Å². The molecule has 33 heavy (non-hydrogen) atoms. The standard InChI is InChI=1S/C23H29N5O4S/c1-28-13-15(12-26-28)11-25-23(31)32-17-6-7-18-19(10-17)33-22(21(18)24)27-20(30)8-5-14-3-2-4-16(29)9-14/h2-4,12-13,16-17,29H,5-11,24H2,1H3,(H,25,31)(H,27,30). The number of aliphatic hydroxyl groups is 1. The molecule has 0 fully saturated rings. The maximum absolute atomic E-state index is 12.5. The average molecular weight is 472 g/mol. The number of aliphatic hydroxyl groups excluding tert-OH is 1. The highest BCUT2D eigenvalue weighted by Gasteiger charge is 2.27. The summed E-state index contributed by atoms with van der Waals surface area (Å²) in [6, 6.07) is 0. The number of aromatic nitrogens is 2. The molecule has 2 amide bonds. The number of nitrogens with zero attached hydrogens (tertiary/aromatic N) is 2. The van der Waals surface area contributed by atoms with Crippen molar-refractivity contribution in [3.8, 4) is 0 Å². The Labute approximate surface area is 196 Å². The van der Waals surface area contributed by atoms with Crippen LogP contribution in [0.5, 0.6) is 0 Å². The van der Waals surface area contributed by atoms with Crippen molar-refractivity contribution >= 4 is 34.0 Å². The molecule has 0 bridgehead atoms. The second-order valence-electron chi connectivity index (χ2n) is 8.42. The van der Waals surface area contributed by atoms with Crippen molar-refractivity contribution in [3.63, 3.8) is 0 Å². The monoisotopic (exact) mass is 471 g/mol. The highest BCUT2D eigenvalue weighted by Crippen LogP contribution is 2.40. The zero-order valence-corrected chi connectivity index (χ0v) is 19.4. The summed E-state index contributed by atoms with van der Waals surface area (Å²) in [4.78, 5) is 25.7. The molecule has 2 aliphatic rings. The molecule has 176 valence electrons. The van der Waals surface area contributed by atoms with Crippen molar-refractivity contribution in [1.82, 2.24) is 15.1 Å². The number of alkyl carbamates (subject to hydrolysis) is 1. The van der Waals surface area contributed by atoms with E-state index in [0.717, 1.165) is 21.6 Å². The summed E-state index contributed by atoms with van der Waals surface area (Å²) in [7, 11) is 1.82. The first-order chi connectivity index (χ1) is 15.9. The zero-order chi connectivity index (χ0) is 23.4. The molecule has 5 N–H and O–H groups in total. The molecule has 0 radical (unpaired) electrons. The van der Waals surface area contributed by atoms with Crippen LogP contribution in [0, 0.1) is 0 Å². The Morgan fingerprint density at radius 1 is 1.39 bits per heavy atom. The van der Waals surface area contributed by atoms with Gasteiger partial charge in [0.05, 0.1) is 18.0 Å². The number of nitrogens with two attached hydrogens (primary N) is 1. The summed E-state index contributed by atoms with van der Waals surface area (Å²) < 4.78 is 7.27. The number of hydrogen-bond donors (Lipinski definition) is 4. The summed E-state index contributed by atoms with van der Waals surface area (Å²) >= 11 is 1.45. The smallest absolute Gasteiger partial charge is 0.407 e. The van der Waals surface area contributed by atoms with E-state index in [0.29, 0.717) is 55.8 Å². The Morgan fingerprint density at radius 3 is 3.00 bits per heavy atom. The predicted octanol–water partition coefficient (Wildman–Crippen LogP) is 2.81. The van der Waals surface area contributed by atoms with Gasteiger partial charge in [0, 0.05) is 43.1 Å². The van der Waals surface area contributed by atoms with Gasteiger partial charge in [-0.3, -0.25) is 9.48 Å². The van der Waals surface area contributed by atoms with Gasteiger partial charge in [-0.25, -0.2) is 4.79 Å². The molecule has 0 aliphatic heterocycles. The van der Waals surface area contributed by atoms with Gasteiger partial charge in [0.2, 0.25) is 5.91 Å². The van der Waals surface area contributed by atoms with Gasteiger partial charge in [-0.05, 0) is 31.2 Å². The van der Waals surface area contributed by atoms with E-state index in [9.17, 15) is 14.7 Å². The number of hydrogen-bond acceptors (Lipinski definition) is 7. The lowest BCUT2D eigenvalue weighted by atomic mass is 9.95. The molecular formula is C23H29N5O4S. The van der Waals surface area contributed by atoms with Gasteiger partial charge in [0.25, 0.3) is 0 Å². The Hall–Kier alpha value is -3.11. The lowest BCUT2D eigenvalue weighted by molar-refractivity contribution is -0.116. The number of anilines is 2. The number of fused-ring (bicyclic) bond motifs is 1. The molecule has 0 saturated heterocycles. The first-order valence-corrected chi connectivity index (χ1v) is 11.8. The molecule has 0 spiro atoms. The number of aryl methyl sites for hydroxylation is 1. The Morgan fingerprint density at radius 2 is 2.24 bits per heavy atom. The van der Waals surface area contributed by atoms with Crippen LogP contribution in [0.2, 0.25) is 0 Å². The Kier molecular flexibility index (Phi) is 7.14. The predicted molar refractivity (Wildman–Crippen MR) is 127 cm³/mol. The van der Waals surface area contributed by atoms with Crippen molar-refractivity contribution in [3.05, 3.63) is 52.2 Å². The maximum atomic E-state index is 12.5. The van der Waals surface area contributed by atoms with E-state index < -0.39 is 12.2 Å². The van der Waals surface area contributed by atoms with Gasteiger partial charge in [-0.15, -0.1) is 11.3 Å². The lowest BCUT2D eigenvalue weighted by Crippen LogP contribution is -2.31. The van der Waals surface area contributed by atoms with Gasteiger partial charge in [0.15, 0.2) is 0 Å². The number of ether oxygens (including phenoxy) is 1. The third-order valence-electron chi connectivity index (χ3n) is 5.79. The third kappa shape index (κ3) is 6.02. The molecular weight excluding hydrogens is 442 g/mol. The molecule has 10 heteroatoms. The number of thiophene rings is 1. The van der Waals surface area contributed by atoms with E-state index >= 15 is 0 Å². The van der Waals surface area contributed by atoms with E-state index in [1.807, 2.05) is 25.4 Å². The highest BCUT2D eigenvalue weighted by atomic mass is 32.1. The summed E-state index contributed by atoms with van der Waals surface area (Å²) in [5, 5.41) is 20.1. The quantitative estimate of drug-likeness (QED) is 0.491. The number of allylic oxidation sites excluding steroid dienone is 2. The van der Waals surface area contributed by atoms with E-state index in [2.05, 4.69) is 15.7 Å². The fraction of sp³-hybridized carbons (Fsp3) is 0.435. The Bertz CT molecular complexity index is 1090. The summed E-state index contributed by atoms with van der Waals surface area (Å²) in [5.41, 5.74) is 9.91. The molecule has 2 heterocycles. The fourth-order valence-electron chi connectivity index (χ4n) is 4.08. The number of nitrogens with one attached hydrogen (secondary N) is 2. The molecule has 2 unspecified atom stereocenters. The topological polar surface area (TPSA) is 132 Å². The number of carbonyl (C=O) groups is 2. The third-order valence-corrected chi connectivity index (χ3v) is 6.98. The molecule has 2 aromatic heterocycles. The second kappa shape index (κ2) is 10.2. The molecule has 2 aliphatic carbocycles. The van der Waals surface area contributed by atoms with E-state index in [4.69, 9.17) is 10.5 Å². The van der Waals surface area contributed by atoms with Gasteiger partial charge in [-0.2, -0.15) is 5.10 Å². The number of carbonyl (C=O) groups excluding carboxylic acids is 2. The van der Waals surface area contributed by atoms with Gasteiger partial charge in [-0.1, -0.05) is 23.8 Å². The van der Waals surface area contributed by atoms with Crippen LogP contribution in [-0.2, 0) is 36.0 Å².